The van der Waals surface area contributed by atoms with Gasteiger partial charge < -0.3 is 10.8 Å². The van der Waals surface area contributed by atoms with E-state index in [4.69, 9.17) is 10.8 Å². The van der Waals surface area contributed by atoms with Gasteiger partial charge in [-0.05, 0) is 6.07 Å². The lowest BCUT2D eigenvalue weighted by atomic mass is 10.3. The first-order valence-electron chi connectivity index (χ1n) is 4.31. The van der Waals surface area contributed by atoms with Gasteiger partial charge in [0.25, 0.3) is 0 Å². The SMILES string of the molecule is NCC#Cc1csc(CSCCO)c1. The molecule has 1 aromatic rings. The van der Waals surface area contributed by atoms with E-state index in [-0.39, 0.29) is 6.61 Å². The Balaban J connectivity index is 2.42. The fourth-order valence-corrected chi connectivity index (χ4v) is 2.59. The van der Waals surface area contributed by atoms with E-state index in [2.05, 4.69) is 17.9 Å². The van der Waals surface area contributed by atoms with Crippen LogP contribution in [0.15, 0.2) is 11.4 Å². The topological polar surface area (TPSA) is 46.2 Å². The fourth-order valence-electron chi connectivity index (χ4n) is 0.912. The molecule has 1 heterocycles. The predicted molar refractivity (Wildman–Crippen MR) is 63.5 cm³/mol. The third-order valence-corrected chi connectivity index (χ3v) is 3.57. The zero-order valence-corrected chi connectivity index (χ0v) is 9.46. The van der Waals surface area contributed by atoms with Gasteiger partial charge in [0.2, 0.25) is 0 Å². The zero-order valence-electron chi connectivity index (χ0n) is 7.82. The van der Waals surface area contributed by atoms with E-state index in [1.807, 2.05) is 5.38 Å². The lowest BCUT2D eigenvalue weighted by Gasteiger charge is -1.93. The summed E-state index contributed by atoms with van der Waals surface area (Å²) in [5.41, 5.74) is 6.32. The number of thiophene rings is 1. The van der Waals surface area contributed by atoms with Crippen molar-refractivity contribution in [2.24, 2.45) is 5.73 Å². The van der Waals surface area contributed by atoms with E-state index < -0.39 is 0 Å². The van der Waals surface area contributed by atoms with Gasteiger partial charge in [-0.2, -0.15) is 11.8 Å². The van der Waals surface area contributed by atoms with E-state index in [0.717, 1.165) is 17.1 Å². The van der Waals surface area contributed by atoms with Gasteiger partial charge in [-0.25, -0.2) is 0 Å². The van der Waals surface area contributed by atoms with Gasteiger partial charge in [-0.1, -0.05) is 11.8 Å². The Morgan fingerprint density at radius 3 is 3.14 bits per heavy atom. The predicted octanol–water partition coefficient (Wildman–Crippen LogP) is 1.28. The molecule has 0 saturated carbocycles. The number of nitrogens with two attached hydrogens (primary N) is 1. The summed E-state index contributed by atoms with van der Waals surface area (Å²) in [7, 11) is 0. The summed E-state index contributed by atoms with van der Waals surface area (Å²) in [6.45, 7) is 0.653. The van der Waals surface area contributed by atoms with Crippen molar-refractivity contribution >= 4 is 23.1 Å². The van der Waals surface area contributed by atoms with Gasteiger partial charge in [0.15, 0.2) is 0 Å². The van der Waals surface area contributed by atoms with E-state index >= 15 is 0 Å². The molecule has 0 fully saturated rings. The summed E-state index contributed by atoms with van der Waals surface area (Å²) in [6.07, 6.45) is 0. The summed E-state index contributed by atoms with van der Waals surface area (Å²) >= 11 is 3.44. The van der Waals surface area contributed by atoms with Crippen LogP contribution in [0.4, 0.5) is 0 Å². The smallest absolute Gasteiger partial charge is 0.0555 e. The van der Waals surface area contributed by atoms with Crippen LogP contribution >= 0.6 is 23.1 Å². The van der Waals surface area contributed by atoms with Crippen LogP contribution in [-0.2, 0) is 5.75 Å². The van der Waals surface area contributed by atoms with E-state index in [1.165, 1.54) is 4.88 Å². The van der Waals surface area contributed by atoms with Crippen molar-refractivity contribution in [1.82, 2.24) is 0 Å². The largest absolute Gasteiger partial charge is 0.396 e. The van der Waals surface area contributed by atoms with Crippen molar-refractivity contribution in [2.45, 2.75) is 5.75 Å². The quantitative estimate of drug-likeness (QED) is 0.602. The zero-order chi connectivity index (χ0) is 10.2. The third-order valence-electron chi connectivity index (χ3n) is 1.47. The molecule has 76 valence electrons. The van der Waals surface area contributed by atoms with Gasteiger partial charge in [0.05, 0.1) is 13.2 Å². The van der Waals surface area contributed by atoms with E-state index in [1.54, 1.807) is 23.1 Å². The minimum atomic E-state index is 0.246. The van der Waals surface area contributed by atoms with Crippen LogP contribution in [0.5, 0.6) is 0 Å². The Kier molecular flexibility index (Phi) is 5.72. The van der Waals surface area contributed by atoms with Crippen LogP contribution < -0.4 is 5.73 Å². The first kappa shape index (κ1) is 11.6. The minimum Gasteiger partial charge on any atom is -0.396 e. The molecule has 4 heteroatoms. The summed E-state index contributed by atoms with van der Waals surface area (Å²) in [5.74, 6) is 7.56. The van der Waals surface area contributed by atoms with Crippen molar-refractivity contribution in [1.29, 1.82) is 0 Å². The average Bonchev–Trinajstić information content (AvgIpc) is 2.63. The highest BCUT2D eigenvalue weighted by Crippen LogP contribution is 2.19. The van der Waals surface area contributed by atoms with Gasteiger partial charge in [0, 0.05) is 27.3 Å². The van der Waals surface area contributed by atoms with Crippen LogP contribution in [0.1, 0.15) is 10.4 Å². The number of hydrogen-bond donors (Lipinski definition) is 2. The standard InChI is InChI=1S/C10H13NOS2/c11-3-1-2-9-6-10(14-7-9)8-13-5-4-12/h6-7,12H,3-5,8,11H2. The Morgan fingerprint density at radius 2 is 2.43 bits per heavy atom. The van der Waals surface area contributed by atoms with Crippen LogP contribution in [0.2, 0.25) is 0 Å². The Morgan fingerprint density at radius 1 is 1.57 bits per heavy atom. The molecule has 0 bridgehead atoms. The van der Waals surface area contributed by atoms with Crippen LogP contribution in [0, 0.1) is 11.8 Å². The molecular formula is C10H13NOS2. The second kappa shape index (κ2) is 6.91. The van der Waals surface area contributed by atoms with Gasteiger partial charge in [-0.3, -0.25) is 0 Å². The molecule has 0 spiro atoms. The molecule has 0 aliphatic carbocycles. The fraction of sp³-hybridized carbons (Fsp3) is 0.400. The number of thioether (sulfide) groups is 1. The Labute approximate surface area is 92.5 Å². The van der Waals surface area contributed by atoms with Gasteiger partial charge >= 0.3 is 0 Å². The van der Waals surface area contributed by atoms with Crippen molar-refractivity contribution in [3.63, 3.8) is 0 Å². The number of hydrogen-bond acceptors (Lipinski definition) is 4. The van der Waals surface area contributed by atoms with Crippen molar-refractivity contribution in [2.75, 3.05) is 18.9 Å². The molecule has 1 aromatic heterocycles. The summed E-state index contributed by atoms with van der Waals surface area (Å²) in [4.78, 5) is 1.30. The van der Waals surface area contributed by atoms with E-state index in [9.17, 15) is 0 Å². The molecule has 1 rings (SSSR count). The second-order valence-corrected chi connectivity index (χ2v) is 4.68. The first-order valence-corrected chi connectivity index (χ1v) is 6.35. The molecule has 0 saturated heterocycles. The van der Waals surface area contributed by atoms with Crippen molar-refractivity contribution in [3.05, 3.63) is 21.9 Å². The van der Waals surface area contributed by atoms with Crippen LogP contribution in [0.3, 0.4) is 0 Å². The molecule has 0 aliphatic rings. The minimum absolute atomic E-state index is 0.246. The molecule has 0 aliphatic heterocycles. The second-order valence-electron chi connectivity index (χ2n) is 2.58. The summed E-state index contributed by atoms with van der Waals surface area (Å²) in [6, 6.07) is 2.08. The molecule has 0 amide bonds. The van der Waals surface area contributed by atoms with Crippen LogP contribution in [-0.4, -0.2) is 24.0 Å². The molecule has 3 N–H and O–H groups in total. The molecule has 0 aromatic carbocycles. The highest BCUT2D eigenvalue weighted by molar-refractivity contribution is 7.98. The molecular weight excluding hydrogens is 214 g/mol. The molecule has 14 heavy (non-hydrogen) atoms. The first-order chi connectivity index (χ1) is 6.86. The van der Waals surface area contributed by atoms with E-state index in [0.29, 0.717) is 6.54 Å². The highest BCUT2D eigenvalue weighted by atomic mass is 32.2. The number of aliphatic hydroxyl groups is 1. The monoisotopic (exact) mass is 227 g/mol. The summed E-state index contributed by atoms with van der Waals surface area (Å²) in [5, 5.41) is 10.7. The molecule has 0 atom stereocenters. The lowest BCUT2D eigenvalue weighted by Crippen LogP contribution is -1.92. The molecule has 2 nitrogen and oxygen atoms in total. The maximum absolute atomic E-state index is 8.61. The van der Waals surface area contributed by atoms with Gasteiger partial charge in [-0.15, -0.1) is 11.3 Å². The maximum atomic E-state index is 8.61. The average molecular weight is 227 g/mol. The molecule has 0 unspecified atom stereocenters. The van der Waals surface area contributed by atoms with Crippen molar-refractivity contribution in [3.8, 4) is 11.8 Å². The Hall–Kier alpha value is -0.470. The van der Waals surface area contributed by atoms with Crippen LogP contribution in [0.25, 0.3) is 0 Å². The summed E-state index contributed by atoms with van der Waals surface area (Å²) < 4.78 is 0. The third kappa shape index (κ3) is 4.16. The number of aliphatic hydroxyl groups excluding tert-OH is 1. The van der Waals surface area contributed by atoms with Crippen molar-refractivity contribution < 1.29 is 5.11 Å². The maximum Gasteiger partial charge on any atom is 0.0555 e. The Bertz CT molecular complexity index is 324. The number of rotatable bonds is 4. The van der Waals surface area contributed by atoms with Gasteiger partial charge in [0.1, 0.15) is 0 Å². The lowest BCUT2D eigenvalue weighted by molar-refractivity contribution is 0.322. The molecule has 0 radical (unpaired) electrons. The normalized spacial score (nSPS) is 9.57. The highest BCUT2D eigenvalue weighted by Gasteiger charge is 1.97.